The van der Waals surface area contributed by atoms with Gasteiger partial charge in [-0.15, -0.1) is 23.5 Å². The van der Waals surface area contributed by atoms with Crippen LogP contribution in [0.15, 0.2) is 24.3 Å². The third kappa shape index (κ3) is 3.93. The first-order valence-electron chi connectivity index (χ1n) is 9.31. The molecule has 2 aliphatic rings. The highest BCUT2D eigenvalue weighted by Gasteiger charge is 2.29. The molecule has 2 aromatic rings. The van der Waals surface area contributed by atoms with E-state index in [1.807, 2.05) is 35.7 Å². The zero-order valence-corrected chi connectivity index (χ0v) is 18.2. The quantitative estimate of drug-likeness (QED) is 0.715. The summed E-state index contributed by atoms with van der Waals surface area (Å²) in [7, 11) is 4.69. The predicted octanol–water partition coefficient (Wildman–Crippen LogP) is 4.39. The van der Waals surface area contributed by atoms with Crippen molar-refractivity contribution in [1.82, 2.24) is 0 Å². The molecule has 1 saturated heterocycles. The Morgan fingerprint density at radius 3 is 2.14 bits per heavy atom. The van der Waals surface area contributed by atoms with Crippen molar-refractivity contribution >= 4 is 23.5 Å². The smallest absolute Gasteiger partial charge is 0.231 e. The molecule has 0 aromatic heterocycles. The van der Waals surface area contributed by atoms with Gasteiger partial charge in [-0.05, 0) is 58.9 Å². The topological polar surface area (TPSA) is 66.4 Å². The summed E-state index contributed by atoms with van der Waals surface area (Å²) >= 11 is 3.79. The minimum Gasteiger partial charge on any atom is -0.493 e. The summed E-state index contributed by atoms with van der Waals surface area (Å²) < 4.78 is 27.7. The largest absolute Gasteiger partial charge is 0.493 e. The van der Waals surface area contributed by atoms with Gasteiger partial charge in [-0.25, -0.2) is 0 Å². The fourth-order valence-electron chi connectivity index (χ4n) is 3.52. The number of ether oxygens (including phenoxy) is 5. The third-order valence-corrected chi connectivity index (χ3v) is 7.94. The van der Waals surface area contributed by atoms with Crippen LogP contribution >= 0.6 is 23.5 Å². The maximum absolute atomic E-state index is 11.4. The number of aliphatic hydroxyl groups excluding tert-OH is 1. The van der Waals surface area contributed by atoms with Crippen LogP contribution in [-0.2, 0) is 0 Å². The zero-order chi connectivity index (χ0) is 20.4. The lowest BCUT2D eigenvalue weighted by Crippen LogP contribution is -2.09. The molecule has 29 heavy (non-hydrogen) atoms. The Hall–Kier alpha value is -1.90. The van der Waals surface area contributed by atoms with E-state index in [1.165, 1.54) is 6.42 Å². The van der Waals surface area contributed by atoms with Crippen molar-refractivity contribution < 1.29 is 28.8 Å². The van der Waals surface area contributed by atoms with Gasteiger partial charge in [0.05, 0.1) is 25.9 Å². The molecule has 0 spiro atoms. The van der Waals surface area contributed by atoms with E-state index in [0.717, 1.165) is 28.4 Å². The van der Waals surface area contributed by atoms with E-state index in [9.17, 15) is 5.11 Å². The third-order valence-electron chi connectivity index (χ3n) is 4.96. The zero-order valence-electron chi connectivity index (χ0n) is 16.6. The minimum absolute atomic E-state index is 0.198. The molecule has 0 amide bonds. The first-order valence-corrected chi connectivity index (χ1v) is 11.4. The Kier molecular flexibility index (Phi) is 6.22. The molecule has 4 rings (SSSR count). The van der Waals surface area contributed by atoms with E-state index in [-0.39, 0.29) is 11.4 Å². The number of methoxy groups -OCH3 is 3. The van der Waals surface area contributed by atoms with Gasteiger partial charge >= 0.3 is 0 Å². The number of aliphatic hydroxyl groups is 1. The molecule has 1 fully saturated rings. The average molecular weight is 437 g/mol. The second-order valence-electron chi connectivity index (χ2n) is 6.62. The van der Waals surface area contributed by atoms with Gasteiger partial charge in [-0.1, -0.05) is 0 Å². The summed E-state index contributed by atoms with van der Waals surface area (Å²) in [6, 6.07) is 7.46. The molecule has 1 unspecified atom stereocenters. The highest BCUT2D eigenvalue weighted by atomic mass is 32.2. The van der Waals surface area contributed by atoms with E-state index in [0.29, 0.717) is 28.6 Å². The van der Waals surface area contributed by atoms with Gasteiger partial charge in [-0.2, -0.15) is 0 Å². The van der Waals surface area contributed by atoms with Gasteiger partial charge in [0.2, 0.25) is 12.5 Å². The second kappa shape index (κ2) is 8.85. The number of hydrogen-bond donors (Lipinski definition) is 1. The molecule has 2 aliphatic heterocycles. The molecule has 156 valence electrons. The van der Waals surface area contributed by atoms with Crippen LogP contribution in [0.4, 0.5) is 0 Å². The SMILES string of the molecule is COc1cc(C(O)c2cc3c(cc2C2SCCCS2)OCO3)cc(OC)c1OC. The van der Waals surface area contributed by atoms with Crippen LogP contribution in [0.25, 0.3) is 0 Å². The lowest BCUT2D eigenvalue weighted by Gasteiger charge is -2.26. The van der Waals surface area contributed by atoms with E-state index >= 15 is 0 Å². The fourth-order valence-corrected chi connectivity index (χ4v) is 6.48. The van der Waals surface area contributed by atoms with Crippen LogP contribution in [0.5, 0.6) is 28.7 Å². The first kappa shape index (κ1) is 20.4. The van der Waals surface area contributed by atoms with Crippen molar-refractivity contribution in [3.8, 4) is 28.7 Å². The van der Waals surface area contributed by atoms with E-state index in [2.05, 4.69) is 0 Å². The van der Waals surface area contributed by atoms with Crippen LogP contribution in [-0.4, -0.2) is 44.7 Å². The van der Waals surface area contributed by atoms with Crippen LogP contribution < -0.4 is 23.7 Å². The predicted molar refractivity (Wildman–Crippen MR) is 115 cm³/mol. The molecule has 0 saturated carbocycles. The molecular weight excluding hydrogens is 412 g/mol. The molecule has 0 aliphatic carbocycles. The van der Waals surface area contributed by atoms with Gasteiger partial charge in [0, 0.05) is 0 Å². The van der Waals surface area contributed by atoms with Crippen molar-refractivity contribution in [2.45, 2.75) is 17.1 Å². The Morgan fingerprint density at radius 2 is 1.55 bits per heavy atom. The van der Waals surface area contributed by atoms with Crippen LogP contribution in [0.3, 0.4) is 0 Å². The number of fused-ring (bicyclic) bond motifs is 1. The van der Waals surface area contributed by atoms with Crippen molar-refractivity contribution in [1.29, 1.82) is 0 Å². The maximum atomic E-state index is 11.4. The van der Waals surface area contributed by atoms with Gasteiger partial charge < -0.3 is 28.8 Å². The Morgan fingerprint density at radius 1 is 0.931 bits per heavy atom. The van der Waals surface area contributed by atoms with Crippen LogP contribution in [0.2, 0.25) is 0 Å². The summed E-state index contributed by atoms with van der Waals surface area (Å²) in [6.07, 6.45) is 0.317. The van der Waals surface area contributed by atoms with E-state index < -0.39 is 6.10 Å². The number of rotatable bonds is 6. The number of benzene rings is 2. The van der Waals surface area contributed by atoms with Crippen molar-refractivity contribution in [3.63, 3.8) is 0 Å². The molecular formula is C21H24O6S2. The normalized spacial score (nSPS) is 17.1. The molecule has 1 N–H and O–H groups in total. The van der Waals surface area contributed by atoms with Gasteiger partial charge in [0.15, 0.2) is 23.0 Å². The molecule has 6 nitrogen and oxygen atoms in total. The van der Waals surface area contributed by atoms with Crippen molar-refractivity contribution in [2.24, 2.45) is 0 Å². The van der Waals surface area contributed by atoms with E-state index in [1.54, 1.807) is 33.5 Å². The number of hydrogen-bond acceptors (Lipinski definition) is 8. The average Bonchev–Trinajstić information content (AvgIpc) is 3.24. The second-order valence-corrected chi connectivity index (χ2v) is 9.35. The monoisotopic (exact) mass is 436 g/mol. The molecule has 0 radical (unpaired) electrons. The standard InChI is InChI=1S/C21H24O6S2/c1-23-17-7-12(8-18(24-2)20(17)25-3)19(22)13-9-15-16(27-11-26-15)10-14(13)21-28-5-4-6-29-21/h7-10,19,21-22H,4-6,11H2,1-3H3. The van der Waals surface area contributed by atoms with Crippen LogP contribution in [0.1, 0.15) is 33.8 Å². The van der Waals surface area contributed by atoms with Gasteiger partial charge in [-0.3, -0.25) is 0 Å². The summed E-state index contributed by atoms with van der Waals surface area (Å²) in [5.74, 6) is 5.09. The molecule has 2 heterocycles. The highest BCUT2D eigenvalue weighted by Crippen LogP contribution is 2.50. The summed E-state index contributed by atoms with van der Waals surface area (Å²) in [6.45, 7) is 0.198. The van der Waals surface area contributed by atoms with E-state index in [4.69, 9.17) is 23.7 Å². The fraction of sp³-hybridized carbons (Fsp3) is 0.429. The molecule has 0 bridgehead atoms. The van der Waals surface area contributed by atoms with Gasteiger partial charge in [0.25, 0.3) is 0 Å². The maximum Gasteiger partial charge on any atom is 0.231 e. The highest BCUT2D eigenvalue weighted by molar-refractivity contribution is 8.16. The molecule has 2 aromatic carbocycles. The first-order chi connectivity index (χ1) is 14.2. The Labute approximate surface area is 178 Å². The van der Waals surface area contributed by atoms with Crippen LogP contribution in [0, 0.1) is 0 Å². The lowest BCUT2D eigenvalue weighted by atomic mass is 9.96. The molecule has 1 atom stereocenters. The number of thioether (sulfide) groups is 2. The summed E-state index contributed by atoms with van der Waals surface area (Å²) in [4.78, 5) is 0. The Balaban J connectivity index is 1.79. The minimum atomic E-state index is -0.878. The van der Waals surface area contributed by atoms with Gasteiger partial charge in [0.1, 0.15) is 6.10 Å². The van der Waals surface area contributed by atoms with Crippen molar-refractivity contribution in [3.05, 3.63) is 41.0 Å². The van der Waals surface area contributed by atoms with Crippen molar-refractivity contribution in [2.75, 3.05) is 39.6 Å². The molecule has 8 heteroatoms. The summed E-state index contributed by atoms with van der Waals surface area (Å²) in [5, 5.41) is 11.4. The Bertz CT molecular complexity index is 857. The summed E-state index contributed by atoms with van der Waals surface area (Å²) in [5.41, 5.74) is 2.52. The lowest BCUT2D eigenvalue weighted by molar-refractivity contribution is 0.173.